The molecule has 0 saturated carbocycles. The normalized spacial score (nSPS) is 12.9. The van der Waals surface area contributed by atoms with Gasteiger partial charge in [0.05, 0.1) is 5.69 Å². The van der Waals surface area contributed by atoms with Gasteiger partial charge in [0, 0.05) is 34.6 Å². The Labute approximate surface area is 120 Å². The molecule has 0 spiro atoms. The highest BCUT2D eigenvalue weighted by Crippen LogP contribution is 2.30. The van der Waals surface area contributed by atoms with Crippen LogP contribution in [0.2, 0.25) is 0 Å². The van der Waals surface area contributed by atoms with Gasteiger partial charge in [-0.3, -0.25) is 4.68 Å². The number of nitrogens with zero attached hydrogens (tertiary/aromatic N) is 2. The Bertz CT molecular complexity index is 518. The molecule has 1 N–H and O–H groups in total. The predicted octanol–water partition coefficient (Wildman–Crippen LogP) is 3.31. The van der Waals surface area contributed by atoms with Crippen LogP contribution in [0.1, 0.15) is 29.2 Å². The van der Waals surface area contributed by atoms with E-state index in [1.807, 2.05) is 18.8 Å². The fraction of sp³-hybridized carbons (Fsp3) is 0.462. The highest BCUT2D eigenvalue weighted by molar-refractivity contribution is 9.10. The highest BCUT2D eigenvalue weighted by Gasteiger charge is 2.17. The monoisotopic (exact) mass is 327 g/mol. The van der Waals surface area contributed by atoms with Crippen molar-refractivity contribution in [1.29, 1.82) is 0 Å². The van der Waals surface area contributed by atoms with Gasteiger partial charge in [0.1, 0.15) is 0 Å². The van der Waals surface area contributed by atoms with Crippen LogP contribution in [-0.4, -0.2) is 16.8 Å². The van der Waals surface area contributed by atoms with Gasteiger partial charge in [-0.05, 0) is 46.9 Å². The van der Waals surface area contributed by atoms with Crippen LogP contribution in [-0.2, 0) is 19.9 Å². The molecule has 0 amide bonds. The average Bonchev–Trinajstić information content (AvgIpc) is 2.93. The number of thiophene rings is 1. The van der Waals surface area contributed by atoms with E-state index in [2.05, 4.69) is 50.8 Å². The zero-order valence-electron chi connectivity index (χ0n) is 10.9. The fourth-order valence-electron chi connectivity index (χ4n) is 2.02. The van der Waals surface area contributed by atoms with Crippen LogP contribution in [0.5, 0.6) is 0 Å². The van der Waals surface area contributed by atoms with Crippen molar-refractivity contribution in [3.63, 3.8) is 0 Å². The third-order valence-electron chi connectivity index (χ3n) is 3.11. The molecule has 0 aliphatic rings. The lowest BCUT2D eigenvalue weighted by Gasteiger charge is -2.15. The number of nitrogens with one attached hydrogen (secondary N) is 1. The Balaban J connectivity index is 2.20. The molecule has 0 bridgehead atoms. The van der Waals surface area contributed by atoms with Crippen LogP contribution in [0.15, 0.2) is 22.0 Å². The summed E-state index contributed by atoms with van der Waals surface area (Å²) in [4.78, 5) is 1.34. The second-order valence-corrected chi connectivity index (χ2v) is 6.08. The van der Waals surface area contributed by atoms with Crippen LogP contribution < -0.4 is 5.32 Å². The van der Waals surface area contributed by atoms with Gasteiger partial charge in [0.25, 0.3) is 0 Å². The van der Waals surface area contributed by atoms with Crippen molar-refractivity contribution in [3.05, 3.63) is 38.3 Å². The molecular weight excluding hydrogens is 310 g/mol. The minimum atomic E-state index is 0.333. The number of halogens is 1. The third kappa shape index (κ3) is 2.84. The van der Waals surface area contributed by atoms with Crippen molar-refractivity contribution in [2.75, 3.05) is 7.05 Å². The van der Waals surface area contributed by atoms with Gasteiger partial charge in [-0.1, -0.05) is 6.92 Å². The van der Waals surface area contributed by atoms with Crippen LogP contribution in [0.25, 0.3) is 0 Å². The molecule has 0 aromatic carbocycles. The molecule has 18 heavy (non-hydrogen) atoms. The Morgan fingerprint density at radius 2 is 2.33 bits per heavy atom. The maximum atomic E-state index is 4.50. The van der Waals surface area contributed by atoms with Crippen molar-refractivity contribution >= 4 is 27.3 Å². The molecule has 98 valence electrons. The van der Waals surface area contributed by atoms with Crippen LogP contribution in [0, 0.1) is 0 Å². The molecule has 2 aromatic rings. The van der Waals surface area contributed by atoms with Crippen molar-refractivity contribution < 1.29 is 0 Å². The summed E-state index contributed by atoms with van der Waals surface area (Å²) in [6.07, 6.45) is 1.94. The molecule has 0 fully saturated rings. The van der Waals surface area contributed by atoms with Gasteiger partial charge in [-0.2, -0.15) is 5.10 Å². The lowest BCUT2D eigenvalue weighted by atomic mass is 10.1. The summed E-state index contributed by atoms with van der Waals surface area (Å²) in [5.41, 5.74) is 2.43. The van der Waals surface area contributed by atoms with E-state index in [0.717, 1.165) is 18.5 Å². The maximum Gasteiger partial charge on any atom is 0.0624 e. The molecule has 5 heteroatoms. The molecule has 0 saturated heterocycles. The molecule has 1 atom stereocenters. The minimum absolute atomic E-state index is 0.333. The van der Waals surface area contributed by atoms with Crippen molar-refractivity contribution in [3.8, 4) is 0 Å². The van der Waals surface area contributed by atoms with E-state index >= 15 is 0 Å². The van der Waals surface area contributed by atoms with Crippen molar-refractivity contribution in [2.45, 2.75) is 25.8 Å². The smallest absolute Gasteiger partial charge is 0.0624 e. The predicted molar refractivity (Wildman–Crippen MR) is 80.1 cm³/mol. The quantitative estimate of drug-likeness (QED) is 0.913. The number of likely N-dealkylation sites (N-methyl/N-ethyl adjacent to an activating group) is 1. The number of aromatic nitrogens is 2. The van der Waals surface area contributed by atoms with Gasteiger partial charge < -0.3 is 5.32 Å². The standard InChI is InChI=1S/C13H18BrN3S/c1-4-9-7-10(17(3)16-9)8-12(15-2)13-11(14)5-6-18-13/h5-7,12,15H,4,8H2,1-3H3. The number of aryl methyl sites for hydroxylation is 2. The Morgan fingerprint density at radius 3 is 2.83 bits per heavy atom. The van der Waals surface area contributed by atoms with E-state index in [9.17, 15) is 0 Å². The second-order valence-electron chi connectivity index (χ2n) is 4.28. The third-order valence-corrected chi connectivity index (χ3v) is 5.10. The molecule has 0 aliphatic carbocycles. The lowest BCUT2D eigenvalue weighted by molar-refractivity contribution is 0.567. The van der Waals surface area contributed by atoms with Crippen LogP contribution in [0.4, 0.5) is 0 Å². The van der Waals surface area contributed by atoms with Gasteiger partial charge in [-0.15, -0.1) is 11.3 Å². The number of rotatable bonds is 5. The maximum absolute atomic E-state index is 4.50. The summed E-state index contributed by atoms with van der Waals surface area (Å²) in [7, 11) is 4.03. The van der Waals surface area contributed by atoms with Crippen LogP contribution in [0.3, 0.4) is 0 Å². The van der Waals surface area contributed by atoms with Gasteiger partial charge in [0.2, 0.25) is 0 Å². The average molecular weight is 328 g/mol. The zero-order chi connectivity index (χ0) is 13.1. The summed E-state index contributed by atoms with van der Waals surface area (Å²) in [5, 5.41) is 10.0. The summed E-state index contributed by atoms with van der Waals surface area (Å²) in [6.45, 7) is 2.14. The van der Waals surface area contributed by atoms with Gasteiger partial charge in [0.15, 0.2) is 0 Å². The van der Waals surface area contributed by atoms with Gasteiger partial charge >= 0.3 is 0 Å². The second kappa shape index (κ2) is 5.99. The number of hydrogen-bond acceptors (Lipinski definition) is 3. The first-order valence-electron chi connectivity index (χ1n) is 6.07. The van der Waals surface area contributed by atoms with Crippen LogP contribution >= 0.6 is 27.3 Å². The highest BCUT2D eigenvalue weighted by atomic mass is 79.9. The summed E-state index contributed by atoms with van der Waals surface area (Å²) in [6, 6.07) is 4.64. The summed E-state index contributed by atoms with van der Waals surface area (Å²) in [5.74, 6) is 0. The topological polar surface area (TPSA) is 29.9 Å². The van der Waals surface area contributed by atoms with E-state index in [1.54, 1.807) is 11.3 Å². The van der Waals surface area contributed by atoms with E-state index < -0.39 is 0 Å². The minimum Gasteiger partial charge on any atom is -0.312 e. The Kier molecular flexibility index (Phi) is 4.59. The van der Waals surface area contributed by atoms with Crippen molar-refractivity contribution in [1.82, 2.24) is 15.1 Å². The molecule has 2 rings (SSSR count). The SMILES string of the molecule is CCc1cc(CC(NC)c2sccc2Br)n(C)n1. The summed E-state index contributed by atoms with van der Waals surface area (Å²) >= 11 is 5.39. The molecule has 0 radical (unpaired) electrons. The largest absolute Gasteiger partial charge is 0.312 e. The molecule has 2 heterocycles. The Hall–Kier alpha value is -0.650. The fourth-order valence-corrected chi connectivity index (χ4v) is 3.79. The van der Waals surface area contributed by atoms with Gasteiger partial charge in [-0.25, -0.2) is 0 Å². The molecule has 0 aliphatic heterocycles. The number of hydrogen-bond donors (Lipinski definition) is 1. The molecule has 3 nitrogen and oxygen atoms in total. The lowest BCUT2D eigenvalue weighted by Crippen LogP contribution is -2.19. The van der Waals surface area contributed by atoms with E-state index in [-0.39, 0.29) is 0 Å². The molecular formula is C13H18BrN3S. The first kappa shape index (κ1) is 13.8. The van der Waals surface area contributed by atoms with Crippen molar-refractivity contribution in [2.24, 2.45) is 7.05 Å². The molecule has 2 aromatic heterocycles. The Morgan fingerprint density at radius 1 is 1.56 bits per heavy atom. The van der Waals surface area contributed by atoms with E-state index in [4.69, 9.17) is 0 Å². The molecule has 1 unspecified atom stereocenters. The van der Waals surface area contributed by atoms with E-state index in [1.165, 1.54) is 15.0 Å². The van der Waals surface area contributed by atoms with E-state index in [0.29, 0.717) is 6.04 Å². The summed E-state index contributed by atoms with van der Waals surface area (Å²) < 4.78 is 3.18. The first-order valence-corrected chi connectivity index (χ1v) is 7.75. The first-order chi connectivity index (χ1) is 8.65. The zero-order valence-corrected chi connectivity index (χ0v) is 13.3.